The second-order valence-corrected chi connectivity index (χ2v) is 7.19. The van der Waals surface area contributed by atoms with Crippen molar-refractivity contribution in [2.45, 2.75) is 52.5 Å². The van der Waals surface area contributed by atoms with E-state index in [2.05, 4.69) is 56.4 Å². The number of nitrogens with one attached hydrogen (secondary N) is 1. The van der Waals surface area contributed by atoms with Crippen molar-refractivity contribution in [1.82, 2.24) is 4.90 Å². The monoisotopic (exact) mass is 364 g/mol. The summed E-state index contributed by atoms with van der Waals surface area (Å²) in [6, 6.07) is 20.1. The summed E-state index contributed by atoms with van der Waals surface area (Å²) < 4.78 is 0. The van der Waals surface area contributed by atoms with Crippen molar-refractivity contribution in [1.29, 1.82) is 0 Å². The van der Waals surface area contributed by atoms with Gasteiger partial charge < -0.3 is 10.2 Å². The summed E-state index contributed by atoms with van der Waals surface area (Å²) in [7, 11) is 0. The van der Waals surface area contributed by atoms with Crippen LogP contribution in [0.3, 0.4) is 0 Å². The molecule has 0 saturated carbocycles. The van der Waals surface area contributed by atoms with Crippen LogP contribution in [0.25, 0.3) is 6.08 Å². The van der Waals surface area contributed by atoms with E-state index in [9.17, 15) is 4.79 Å². The van der Waals surface area contributed by atoms with E-state index < -0.39 is 0 Å². The van der Waals surface area contributed by atoms with Gasteiger partial charge in [-0.1, -0.05) is 79.9 Å². The van der Waals surface area contributed by atoms with Crippen LogP contribution in [0.15, 0.2) is 66.2 Å². The van der Waals surface area contributed by atoms with E-state index in [1.165, 1.54) is 24.0 Å². The minimum atomic E-state index is -0.0503. The summed E-state index contributed by atoms with van der Waals surface area (Å²) in [5.41, 5.74) is 3.32. The smallest absolute Gasteiger partial charge is 0.318 e. The Morgan fingerprint density at radius 3 is 2.22 bits per heavy atom. The highest BCUT2D eigenvalue weighted by Crippen LogP contribution is 2.18. The van der Waals surface area contributed by atoms with Gasteiger partial charge >= 0.3 is 6.03 Å². The number of carbonyl (C=O) groups excluding carboxylic acids is 1. The molecule has 144 valence electrons. The third kappa shape index (κ3) is 7.30. The quantitative estimate of drug-likeness (QED) is 0.500. The molecule has 2 aromatic carbocycles. The molecule has 0 heterocycles. The Morgan fingerprint density at radius 1 is 1.00 bits per heavy atom. The fourth-order valence-electron chi connectivity index (χ4n) is 3.01. The van der Waals surface area contributed by atoms with Gasteiger partial charge in [0.1, 0.15) is 0 Å². The number of urea groups is 1. The molecule has 0 unspecified atom stereocenters. The van der Waals surface area contributed by atoms with E-state index in [4.69, 9.17) is 0 Å². The highest BCUT2D eigenvalue weighted by atomic mass is 16.2. The van der Waals surface area contributed by atoms with Gasteiger partial charge in [-0.3, -0.25) is 0 Å². The Hall–Kier alpha value is -2.55. The number of unbranched alkanes of at least 4 members (excludes halogenated alkanes) is 2. The second kappa shape index (κ2) is 11.2. The molecule has 27 heavy (non-hydrogen) atoms. The maximum atomic E-state index is 12.9. The van der Waals surface area contributed by atoms with E-state index in [0.717, 1.165) is 18.5 Å². The first-order valence-corrected chi connectivity index (χ1v) is 9.97. The van der Waals surface area contributed by atoms with Crippen molar-refractivity contribution in [2.75, 3.05) is 11.9 Å². The standard InChI is InChI=1S/C24H32N2O/c1-4-5-8-15-22(18-21-13-9-6-10-14-21)19-26(20(2)3)24(27)25-23-16-11-7-12-17-23/h6-7,9-14,16-18,20H,4-5,8,15,19H2,1-3H3,(H,25,27). The van der Waals surface area contributed by atoms with Crippen LogP contribution in [-0.2, 0) is 0 Å². The van der Waals surface area contributed by atoms with Gasteiger partial charge in [0.05, 0.1) is 0 Å². The van der Waals surface area contributed by atoms with Gasteiger partial charge in [0, 0.05) is 18.3 Å². The van der Waals surface area contributed by atoms with Crippen LogP contribution in [0, 0.1) is 0 Å². The van der Waals surface area contributed by atoms with E-state index in [-0.39, 0.29) is 12.1 Å². The molecule has 3 nitrogen and oxygen atoms in total. The predicted octanol–water partition coefficient (Wildman–Crippen LogP) is 6.59. The molecule has 0 bridgehead atoms. The number of anilines is 1. The van der Waals surface area contributed by atoms with Gasteiger partial charge in [0.2, 0.25) is 0 Å². The SMILES string of the molecule is CCCCCC(=Cc1ccccc1)CN(C(=O)Nc1ccccc1)C(C)C. The molecule has 0 aliphatic carbocycles. The molecular formula is C24H32N2O. The van der Waals surface area contributed by atoms with Crippen molar-refractivity contribution in [3.05, 3.63) is 71.8 Å². The van der Waals surface area contributed by atoms with E-state index in [1.807, 2.05) is 41.3 Å². The Morgan fingerprint density at radius 2 is 1.63 bits per heavy atom. The normalized spacial score (nSPS) is 11.5. The fourth-order valence-corrected chi connectivity index (χ4v) is 3.01. The molecule has 2 amide bonds. The predicted molar refractivity (Wildman–Crippen MR) is 116 cm³/mol. The highest BCUT2D eigenvalue weighted by Gasteiger charge is 2.18. The van der Waals surface area contributed by atoms with E-state index in [1.54, 1.807) is 0 Å². The topological polar surface area (TPSA) is 32.3 Å². The molecule has 0 saturated heterocycles. The van der Waals surface area contributed by atoms with Crippen LogP contribution in [0.5, 0.6) is 0 Å². The van der Waals surface area contributed by atoms with Crippen LogP contribution >= 0.6 is 0 Å². The minimum absolute atomic E-state index is 0.0503. The van der Waals surface area contributed by atoms with Crippen LogP contribution in [0.2, 0.25) is 0 Å². The van der Waals surface area contributed by atoms with Gasteiger partial charge in [-0.2, -0.15) is 0 Å². The largest absolute Gasteiger partial charge is 0.322 e. The Balaban J connectivity index is 2.14. The molecular weight excluding hydrogens is 332 g/mol. The van der Waals surface area contributed by atoms with Gasteiger partial charge in [-0.05, 0) is 44.4 Å². The summed E-state index contributed by atoms with van der Waals surface area (Å²) in [6.45, 7) is 7.00. The summed E-state index contributed by atoms with van der Waals surface area (Å²) in [6.07, 6.45) is 6.82. The lowest BCUT2D eigenvalue weighted by molar-refractivity contribution is 0.202. The van der Waals surface area contributed by atoms with Crippen molar-refractivity contribution in [3.8, 4) is 0 Å². The summed E-state index contributed by atoms with van der Waals surface area (Å²) in [5, 5.41) is 3.02. The molecule has 0 radical (unpaired) electrons. The molecule has 0 aliphatic rings. The molecule has 0 fully saturated rings. The van der Waals surface area contributed by atoms with Crippen LogP contribution < -0.4 is 5.32 Å². The third-order valence-corrected chi connectivity index (χ3v) is 4.55. The average Bonchev–Trinajstić information content (AvgIpc) is 2.67. The van der Waals surface area contributed by atoms with Gasteiger partial charge in [0.25, 0.3) is 0 Å². The summed E-state index contributed by atoms with van der Waals surface area (Å²) >= 11 is 0. The molecule has 0 atom stereocenters. The lowest BCUT2D eigenvalue weighted by Gasteiger charge is -2.28. The first-order valence-electron chi connectivity index (χ1n) is 9.97. The summed E-state index contributed by atoms with van der Waals surface area (Å²) in [5.74, 6) is 0. The number of amides is 2. The summed E-state index contributed by atoms with van der Waals surface area (Å²) in [4.78, 5) is 14.8. The van der Waals surface area contributed by atoms with Crippen molar-refractivity contribution >= 4 is 17.8 Å². The maximum Gasteiger partial charge on any atom is 0.322 e. The average molecular weight is 365 g/mol. The second-order valence-electron chi connectivity index (χ2n) is 7.19. The molecule has 1 N–H and O–H groups in total. The molecule has 2 rings (SSSR count). The lowest BCUT2D eigenvalue weighted by Crippen LogP contribution is -2.41. The van der Waals surface area contributed by atoms with E-state index in [0.29, 0.717) is 6.54 Å². The van der Waals surface area contributed by atoms with Crippen molar-refractivity contribution in [2.24, 2.45) is 0 Å². The maximum absolute atomic E-state index is 12.9. The molecule has 0 aromatic heterocycles. The molecule has 2 aromatic rings. The zero-order chi connectivity index (χ0) is 19.5. The van der Waals surface area contributed by atoms with Gasteiger partial charge in [0.15, 0.2) is 0 Å². The third-order valence-electron chi connectivity index (χ3n) is 4.55. The number of hydrogen-bond donors (Lipinski definition) is 1. The number of nitrogens with zero attached hydrogens (tertiary/aromatic N) is 1. The van der Waals surface area contributed by atoms with Crippen LogP contribution in [0.1, 0.15) is 52.0 Å². The molecule has 0 spiro atoms. The zero-order valence-electron chi connectivity index (χ0n) is 16.8. The Bertz CT molecular complexity index is 708. The number of hydrogen-bond acceptors (Lipinski definition) is 1. The van der Waals surface area contributed by atoms with E-state index >= 15 is 0 Å². The Kier molecular flexibility index (Phi) is 8.63. The Labute approximate surface area is 164 Å². The number of carbonyl (C=O) groups is 1. The van der Waals surface area contributed by atoms with Gasteiger partial charge in [-0.25, -0.2) is 4.79 Å². The first-order chi connectivity index (χ1) is 13.1. The first kappa shape index (κ1) is 20.8. The lowest BCUT2D eigenvalue weighted by atomic mass is 10.0. The number of para-hydroxylation sites is 1. The number of benzene rings is 2. The molecule has 3 heteroatoms. The van der Waals surface area contributed by atoms with Crippen LogP contribution in [-0.4, -0.2) is 23.5 Å². The molecule has 0 aliphatic heterocycles. The fraction of sp³-hybridized carbons (Fsp3) is 0.375. The van der Waals surface area contributed by atoms with Crippen LogP contribution in [0.4, 0.5) is 10.5 Å². The highest BCUT2D eigenvalue weighted by molar-refractivity contribution is 5.89. The zero-order valence-corrected chi connectivity index (χ0v) is 16.8. The van der Waals surface area contributed by atoms with Crippen molar-refractivity contribution in [3.63, 3.8) is 0 Å². The van der Waals surface area contributed by atoms with Gasteiger partial charge in [-0.15, -0.1) is 0 Å². The minimum Gasteiger partial charge on any atom is -0.318 e. The van der Waals surface area contributed by atoms with Crippen molar-refractivity contribution < 1.29 is 4.79 Å². The number of rotatable bonds is 9.